The number of ether oxygens (including phenoxy) is 1. The molecule has 0 aliphatic carbocycles. The minimum absolute atomic E-state index is 0.238. The molecule has 0 saturated carbocycles. The summed E-state index contributed by atoms with van der Waals surface area (Å²) < 4.78 is 96.8. The van der Waals surface area contributed by atoms with Gasteiger partial charge in [-0.3, -0.25) is 0 Å². The lowest BCUT2D eigenvalue weighted by molar-refractivity contribution is -0.411. The Balaban J connectivity index is 2.59. The predicted octanol–water partition coefficient (Wildman–Crippen LogP) is 2.09. The van der Waals surface area contributed by atoms with E-state index >= 15 is 0 Å². The normalized spacial score (nSPS) is 35.4. The van der Waals surface area contributed by atoms with E-state index in [1.807, 2.05) is 32.7 Å². The van der Waals surface area contributed by atoms with Gasteiger partial charge in [-0.1, -0.05) is 0 Å². The molecule has 1 rings (SSSR count). The molecule has 0 bridgehead atoms. The molecule has 0 spiro atoms. The van der Waals surface area contributed by atoms with E-state index in [0.717, 1.165) is 0 Å². The topological polar surface area (TPSA) is 64.6 Å². The van der Waals surface area contributed by atoms with Gasteiger partial charge in [-0.2, -0.15) is 17.6 Å². The van der Waals surface area contributed by atoms with Crippen LogP contribution in [-0.2, 0) is 30.3 Å². The number of rotatable bonds is 7. The van der Waals surface area contributed by atoms with E-state index in [1.165, 1.54) is 0 Å². The van der Waals surface area contributed by atoms with E-state index in [0.29, 0.717) is 6.04 Å². The van der Waals surface area contributed by atoms with Gasteiger partial charge in [-0.05, 0) is 49.7 Å². The van der Waals surface area contributed by atoms with E-state index in [2.05, 4.69) is 9.68 Å². The van der Waals surface area contributed by atoms with Crippen LogP contribution in [0.4, 0.5) is 22.1 Å². The van der Waals surface area contributed by atoms with Crippen LogP contribution >= 0.6 is 0 Å². The largest absolute Gasteiger partial charge is 0.454 e. The van der Waals surface area contributed by atoms with Crippen LogP contribution in [0.3, 0.4) is 0 Å². The maximum absolute atomic E-state index is 13.3. The van der Waals surface area contributed by atoms with Crippen molar-refractivity contribution in [1.29, 1.82) is 0 Å². The molecule has 28 heavy (non-hydrogen) atoms. The highest BCUT2D eigenvalue weighted by Gasteiger charge is 2.59. The molecule has 1 fully saturated rings. The van der Waals surface area contributed by atoms with Crippen LogP contribution in [0.2, 0.25) is 38.8 Å². The summed E-state index contributed by atoms with van der Waals surface area (Å²) in [6, 6.07) is 0.378. The molecule has 0 N–H and O–H groups in total. The summed E-state index contributed by atoms with van der Waals surface area (Å²) >= 11 is 0. The van der Waals surface area contributed by atoms with Crippen LogP contribution in [0, 0.1) is 0 Å². The maximum Gasteiger partial charge on any atom is 0.454 e. The third kappa shape index (κ3) is 8.67. The van der Waals surface area contributed by atoms with Crippen molar-refractivity contribution >= 4 is 45.7 Å². The van der Waals surface area contributed by atoms with Crippen molar-refractivity contribution in [3.8, 4) is 0 Å². The highest BCUT2D eigenvalue weighted by molar-refractivity contribution is 6.80. The summed E-state index contributed by atoms with van der Waals surface area (Å²) in [6.45, 7) is 7.51. The summed E-state index contributed by atoms with van der Waals surface area (Å²) in [4.78, 5) is 2.44. The van der Waals surface area contributed by atoms with Crippen molar-refractivity contribution in [3.05, 3.63) is 0 Å². The molecule has 1 aliphatic rings. The molecule has 17 heteroatoms. The van der Waals surface area contributed by atoms with Gasteiger partial charge in [-0.25, -0.2) is 0 Å². The average Bonchev–Trinajstić information content (AvgIpc) is 2.51. The second-order valence-corrected chi connectivity index (χ2v) is 19.0. The number of alkyl halides is 4. The van der Waals surface area contributed by atoms with Crippen LogP contribution < -0.4 is 0 Å². The fourth-order valence-electron chi connectivity index (χ4n) is 2.62. The number of hydrogen-bond donors (Lipinski definition) is 0. The molecule has 0 radical (unpaired) electrons. The number of halogens is 5. The van der Waals surface area contributed by atoms with Gasteiger partial charge in [0.25, 0.3) is 37.1 Å². The van der Waals surface area contributed by atoms with Crippen LogP contribution in [0.1, 0.15) is 6.42 Å². The summed E-state index contributed by atoms with van der Waals surface area (Å²) in [5, 5.41) is 0. The fourth-order valence-corrected chi connectivity index (χ4v) is 20.3. The zero-order valence-electron chi connectivity index (χ0n) is 16.4. The smallest absolute Gasteiger partial charge is 0.420 e. The fraction of sp³-hybridized carbons (Fsp3) is 1.00. The van der Waals surface area contributed by atoms with Crippen molar-refractivity contribution < 1.29 is 52.3 Å². The Morgan fingerprint density at radius 3 is 1.75 bits per heavy atom. The summed E-state index contributed by atoms with van der Waals surface area (Å²) in [5.41, 5.74) is 0. The Morgan fingerprint density at radius 1 is 0.857 bits per heavy atom. The molecule has 5 atom stereocenters. The van der Waals surface area contributed by atoms with Crippen molar-refractivity contribution in [2.45, 2.75) is 57.2 Å². The third-order valence-electron chi connectivity index (χ3n) is 3.73. The first-order chi connectivity index (χ1) is 12.8. The van der Waals surface area contributed by atoms with Gasteiger partial charge in [0.1, 0.15) is 6.61 Å². The second-order valence-electron chi connectivity index (χ2n) is 6.51. The van der Waals surface area contributed by atoms with Crippen molar-refractivity contribution in [3.63, 3.8) is 0 Å². The van der Waals surface area contributed by atoms with Crippen molar-refractivity contribution in [2.75, 3.05) is 13.2 Å². The van der Waals surface area contributed by atoms with Crippen LogP contribution in [0.5, 0.6) is 0 Å². The molecular weight excluding hydrogens is 480 g/mol. The Kier molecular flexibility index (Phi) is 10.6. The highest BCUT2D eigenvalue weighted by Crippen LogP contribution is 2.35. The Hall–Kier alpha value is 0.454. The van der Waals surface area contributed by atoms with Gasteiger partial charge in [0.05, 0.1) is 0 Å². The molecule has 0 aromatic carbocycles. The molecule has 5 unspecified atom stereocenters. The van der Waals surface area contributed by atoms with Gasteiger partial charge >= 0.3 is 20.6 Å². The minimum atomic E-state index is -5.54. The van der Waals surface area contributed by atoms with Gasteiger partial charge in [0.15, 0.2) is 0 Å². The quantitative estimate of drug-likeness (QED) is 0.298. The first-order valence-electron chi connectivity index (χ1n) is 8.75. The first-order valence-corrected chi connectivity index (χ1v) is 19.7. The first kappa shape index (κ1) is 26.5. The second kappa shape index (κ2) is 11.2. The average molecular weight is 507 g/mol. The van der Waals surface area contributed by atoms with E-state index in [1.54, 1.807) is 0 Å². The molecule has 0 aromatic heterocycles. The zero-order valence-corrected chi connectivity index (χ0v) is 22.0. The summed E-state index contributed by atoms with van der Waals surface area (Å²) in [5.74, 6) is -4.48. The van der Waals surface area contributed by atoms with Crippen LogP contribution in [-0.4, -0.2) is 70.9 Å². The molecule has 0 aromatic rings. The zero-order chi connectivity index (χ0) is 21.6. The van der Waals surface area contributed by atoms with Gasteiger partial charge < -0.3 is 25.3 Å². The lowest BCUT2D eigenvalue weighted by Gasteiger charge is -2.36. The highest BCUT2D eigenvalue weighted by atomic mass is 28.5. The SMILES string of the molecule is C[SiH]1O[SiH](C)O[SiH](C)O[Si](C)(CCCOCC(F)(OF)C(F)(F)F)O[SiH](C)O1. The monoisotopic (exact) mass is 506 g/mol. The number of hydrogen-bond acceptors (Lipinski definition) is 7. The minimum Gasteiger partial charge on any atom is -0.420 e. The summed E-state index contributed by atoms with van der Waals surface area (Å²) in [7, 11) is -10.5. The third-order valence-corrected chi connectivity index (χ3v) is 20.8. The van der Waals surface area contributed by atoms with Gasteiger partial charge in [0.2, 0.25) is 0 Å². The lowest BCUT2D eigenvalue weighted by Crippen LogP contribution is -2.52. The molecule has 0 amide bonds. The van der Waals surface area contributed by atoms with E-state index in [4.69, 9.17) is 20.6 Å². The van der Waals surface area contributed by atoms with E-state index in [9.17, 15) is 22.1 Å². The van der Waals surface area contributed by atoms with Crippen LogP contribution in [0.15, 0.2) is 0 Å². The standard InChI is InChI=1S/C11H27F5O7Si5/c1-24-19-25(2)21-27(4)23-28(5,22-26(3)20-24)8-6-7-17-9-10(12,18-16)11(13,14)15/h24-27H,6-9H2,1-5H3. The predicted molar refractivity (Wildman–Crippen MR) is 101 cm³/mol. The van der Waals surface area contributed by atoms with E-state index < -0.39 is 64.3 Å². The van der Waals surface area contributed by atoms with Gasteiger partial charge in [-0.15, -0.1) is 4.94 Å². The Bertz CT molecular complexity index is 463. The molecule has 7 nitrogen and oxygen atoms in total. The molecule has 1 aliphatic heterocycles. The Morgan fingerprint density at radius 2 is 1.32 bits per heavy atom. The van der Waals surface area contributed by atoms with Crippen molar-refractivity contribution in [1.82, 2.24) is 0 Å². The Labute approximate surface area is 168 Å². The molecular formula is C11H27F5O7Si5. The molecule has 1 saturated heterocycles. The van der Waals surface area contributed by atoms with E-state index in [-0.39, 0.29) is 13.0 Å². The molecule has 168 valence electrons. The van der Waals surface area contributed by atoms with Crippen LogP contribution in [0.25, 0.3) is 0 Å². The van der Waals surface area contributed by atoms with Gasteiger partial charge in [0, 0.05) is 6.61 Å². The van der Waals surface area contributed by atoms with Crippen molar-refractivity contribution in [2.24, 2.45) is 0 Å². The summed E-state index contributed by atoms with van der Waals surface area (Å²) in [6.07, 6.45) is -5.30. The lowest BCUT2D eigenvalue weighted by atomic mass is 10.3. The molecule has 1 heterocycles. The maximum atomic E-state index is 13.3.